The number of alkyl halides is 3. The Kier molecular flexibility index (Phi) is 3.85. The molecule has 0 saturated carbocycles. The monoisotopic (exact) mass is 310 g/mol. The van der Waals surface area contributed by atoms with E-state index in [1.54, 1.807) is 0 Å². The van der Waals surface area contributed by atoms with Gasteiger partial charge in [-0.2, -0.15) is 13.2 Å². The third-order valence-electron chi connectivity index (χ3n) is 2.89. The molecule has 0 amide bonds. The first-order valence-corrected chi connectivity index (χ1v) is 5.92. The van der Waals surface area contributed by atoms with Crippen LogP contribution in [-0.2, 0) is 6.18 Å². The number of aromatic carboxylic acids is 1. The number of rotatable bonds is 3. The largest absolute Gasteiger partial charge is 0.478 e. The molecular weight excluding hydrogens is 301 g/mol. The zero-order valence-corrected chi connectivity index (χ0v) is 10.9. The molecule has 114 valence electrons. The zero-order chi connectivity index (χ0) is 16.5. The first kappa shape index (κ1) is 15.5. The van der Waals surface area contributed by atoms with Gasteiger partial charge in [-0.25, -0.2) is 4.79 Å². The van der Waals surface area contributed by atoms with E-state index < -0.39 is 40.3 Å². The second-order valence-corrected chi connectivity index (χ2v) is 4.30. The highest BCUT2D eigenvalue weighted by molar-refractivity contribution is 6.15. The Bertz CT molecular complexity index is 757. The van der Waals surface area contributed by atoms with Gasteiger partial charge in [0.05, 0.1) is 11.3 Å². The minimum absolute atomic E-state index is 0.254. The van der Waals surface area contributed by atoms with Crippen LogP contribution in [0.5, 0.6) is 0 Å². The highest BCUT2D eigenvalue weighted by Gasteiger charge is 2.36. The van der Waals surface area contributed by atoms with E-state index in [1.165, 1.54) is 6.07 Å². The number of pyridine rings is 1. The third-order valence-corrected chi connectivity index (χ3v) is 2.89. The van der Waals surface area contributed by atoms with Crippen LogP contribution in [-0.4, -0.2) is 21.8 Å². The van der Waals surface area contributed by atoms with E-state index in [9.17, 15) is 22.8 Å². The molecule has 0 fully saturated rings. The highest BCUT2D eigenvalue weighted by Crippen LogP contribution is 2.33. The van der Waals surface area contributed by atoms with Crippen molar-refractivity contribution in [2.24, 2.45) is 0 Å². The van der Waals surface area contributed by atoms with Gasteiger partial charge >= 0.3 is 12.1 Å². The molecule has 1 aromatic heterocycles. The van der Waals surface area contributed by atoms with Crippen molar-refractivity contribution in [3.63, 3.8) is 0 Å². The number of carboxylic acids is 1. The van der Waals surface area contributed by atoms with Crippen LogP contribution in [0.2, 0.25) is 0 Å². The lowest BCUT2D eigenvalue weighted by molar-refractivity contribution is -0.137. The first-order chi connectivity index (χ1) is 10.2. The van der Waals surface area contributed by atoms with Gasteiger partial charge in [-0.1, -0.05) is 18.2 Å². The Morgan fingerprint density at radius 3 is 2.36 bits per heavy atom. The molecule has 5 nitrogen and oxygen atoms in total. The predicted octanol–water partition coefficient (Wildman–Crippen LogP) is 2.61. The molecule has 0 radical (unpaired) electrons. The smallest absolute Gasteiger partial charge is 0.417 e. The van der Waals surface area contributed by atoms with Crippen molar-refractivity contribution >= 4 is 17.4 Å². The minimum Gasteiger partial charge on any atom is -0.478 e. The Labute approximate surface area is 122 Å². The van der Waals surface area contributed by atoms with Crippen molar-refractivity contribution in [2.45, 2.75) is 6.18 Å². The van der Waals surface area contributed by atoms with Crippen molar-refractivity contribution in [3.05, 3.63) is 58.9 Å². The standard InChI is InChI=1S/C14H9F3N2O3/c15-14(16,17)8-4-2-1-3-7(8)12(20)11-10(13(21)22)9(18)5-6-19-11/h1-6H,(H2,18,19)(H,21,22). The second-order valence-electron chi connectivity index (χ2n) is 4.30. The summed E-state index contributed by atoms with van der Waals surface area (Å²) in [4.78, 5) is 27.1. The summed E-state index contributed by atoms with van der Waals surface area (Å²) >= 11 is 0. The third kappa shape index (κ3) is 2.76. The average Bonchev–Trinajstić information content (AvgIpc) is 2.45. The Morgan fingerprint density at radius 2 is 1.77 bits per heavy atom. The van der Waals surface area contributed by atoms with E-state index in [1.807, 2.05) is 0 Å². The molecular formula is C14H9F3N2O3. The Balaban J connectivity index is 2.65. The maximum atomic E-state index is 12.9. The number of nitrogens with zero attached hydrogens (tertiary/aromatic N) is 1. The number of anilines is 1. The van der Waals surface area contributed by atoms with Gasteiger partial charge in [0.25, 0.3) is 0 Å². The normalized spacial score (nSPS) is 11.2. The van der Waals surface area contributed by atoms with Crippen LogP contribution < -0.4 is 5.73 Å². The van der Waals surface area contributed by atoms with Gasteiger partial charge in [-0.05, 0) is 12.1 Å². The van der Waals surface area contributed by atoms with Gasteiger partial charge in [-0.3, -0.25) is 9.78 Å². The number of hydrogen-bond donors (Lipinski definition) is 2. The van der Waals surface area contributed by atoms with Crippen LogP contribution in [0.25, 0.3) is 0 Å². The molecule has 22 heavy (non-hydrogen) atoms. The van der Waals surface area contributed by atoms with Crippen molar-refractivity contribution in [3.8, 4) is 0 Å². The van der Waals surface area contributed by atoms with Crippen LogP contribution in [0.1, 0.15) is 32.0 Å². The van der Waals surface area contributed by atoms with Crippen LogP contribution in [0, 0.1) is 0 Å². The van der Waals surface area contributed by atoms with Crippen molar-refractivity contribution in [1.29, 1.82) is 0 Å². The molecule has 3 N–H and O–H groups in total. The summed E-state index contributed by atoms with van der Waals surface area (Å²) in [5.41, 5.74) is 2.11. The lowest BCUT2D eigenvalue weighted by Gasteiger charge is -2.12. The van der Waals surface area contributed by atoms with Crippen LogP contribution >= 0.6 is 0 Å². The molecule has 0 aliphatic rings. The number of carbonyl (C=O) groups is 2. The molecule has 0 unspecified atom stereocenters. The molecule has 1 aromatic carbocycles. The minimum atomic E-state index is -4.75. The van der Waals surface area contributed by atoms with Crippen molar-refractivity contribution < 1.29 is 27.9 Å². The molecule has 2 rings (SSSR count). The maximum absolute atomic E-state index is 12.9. The van der Waals surface area contributed by atoms with Gasteiger partial charge in [-0.15, -0.1) is 0 Å². The molecule has 1 heterocycles. The summed E-state index contributed by atoms with van der Waals surface area (Å²) in [5, 5.41) is 9.08. The molecule has 8 heteroatoms. The van der Waals surface area contributed by atoms with Gasteiger partial charge in [0.2, 0.25) is 5.78 Å². The first-order valence-electron chi connectivity index (χ1n) is 5.92. The van der Waals surface area contributed by atoms with Crippen molar-refractivity contribution in [2.75, 3.05) is 5.73 Å². The Hall–Kier alpha value is -2.90. The van der Waals surface area contributed by atoms with Gasteiger partial charge in [0.15, 0.2) is 0 Å². The fraction of sp³-hybridized carbons (Fsp3) is 0.0714. The fourth-order valence-corrected chi connectivity index (χ4v) is 1.93. The average molecular weight is 310 g/mol. The lowest BCUT2D eigenvalue weighted by Crippen LogP contribution is -2.18. The van der Waals surface area contributed by atoms with E-state index in [4.69, 9.17) is 10.8 Å². The summed E-state index contributed by atoms with van der Waals surface area (Å²) in [7, 11) is 0. The summed E-state index contributed by atoms with van der Waals surface area (Å²) in [5.74, 6) is -2.70. The van der Waals surface area contributed by atoms with Crippen LogP contribution in [0.4, 0.5) is 18.9 Å². The molecule has 0 aliphatic carbocycles. The lowest BCUT2D eigenvalue weighted by atomic mass is 9.98. The Morgan fingerprint density at radius 1 is 1.14 bits per heavy atom. The molecule has 0 atom stereocenters. The number of carboxylic acid groups (broad SMARTS) is 1. The molecule has 0 saturated heterocycles. The van der Waals surface area contributed by atoms with E-state index in [2.05, 4.69) is 4.98 Å². The second kappa shape index (κ2) is 5.47. The predicted molar refractivity (Wildman–Crippen MR) is 70.5 cm³/mol. The number of benzene rings is 1. The summed E-state index contributed by atoms with van der Waals surface area (Å²) in [6, 6.07) is 5.22. The maximum Gasteiger partial charge on any atom is 0.417 e. The molecule has 0 aliphatic heterocycles. The van der Waals surface area contributed by atoms with Gasteiger partial charge in [0, 0.05) is 11.8 Å². The quantitative estimate of drug-likeness (QED) is 0.850. The van der Waals surface area contributed by atoms with E-state index in [-0.39, 0.29) is 5.69 Å². The number of aromatic nitrogens is 1. The summed E-state index contributed by atoms with van der Waals surface area (Å²) < 4.78 is 38.8. The van der Waals surface area contributed by atoms with Crippen LogP contribution in [0.15, 0.2) is 36.5 Å². The number of nitrogens with two attached hydrogens (primary N) is 1. The summed E-state index contributed by atoms with van der Waals surface area (Å²) in [6.07, 6.45) is -3.69. The van der Waals surface area contributed by atoms with Crippen LogP contribution in [0.3, 0.4) is 0 Å². The number of halogens is 3. The number of nitrogen functional groups attached to an aromatic ring is 1. The van der Waals surface area contributed by atoms with Gasteiger partial charge < -0.3 is 10.8 Å². The fourth-order valence-electron chi connectivity index (χ4n) is 1.93. The number of hydrogen-bond acceptors (Lipinski definition) is 4. The van der Waals surface area contributed by atoms with E-state index in [0.29, 0.717) is 0 Å². The molecule has 0 spiro atoms. The SMILES string of the molecule is Nc1ccnc(C(=O)c2ccccc2C(F)(F)F)c1C(=O)O. The topological polar surface area (TPSA) is 93.3 Å². The van der Waals surface area contributed by atoms with E-state index >= 15 is 0 Å². The number of carbonyl (C=O) groups excluding carboxylic acids is 1. The zero-order valence-electron chi connectivity index (χ0n) is 10.9. The molecule has 0 bridgehead atoms. The highest BCUT2D eigenvalue weighted by atomic mass is 19.4. The summed E-state index contributed by atoms with van der Waals surface area (Å²) in [6.45, 7) is 0. The van der Waals surface area contributed by atoms with Gasteiger partial charge in [0.1, 0.15) is 11.3 Å². The molecule has 2 aromatic rings. The number of ketones is 1. The van der Waals surface area contributed by atoms with E-state index in [0.717, 1.165) is 30.5 Å². The van der Waals surface area contributed by atoms with Crippen molar-refractivity contribution in [1.82, 2.24) is 4.98 Å².